The number of piperazine rings is 1. The molecule has 5 heteroatoms. The molecule has 2 fully saturated rings. The molecule has 0 radical (unpaired) electrons. The van der Waals surface area contributed by atoms with Gasteiger partial charge in [-0.1, -0.05) is 45.0 Å². The molecule has 0 bridgehead atoms. The molecule has 1 N–H and O–H groups in total. The Morgan fingerprint density at radius 3 is 2.42 bits per heavy atom. The van der Waals surface area contributed by atoms with E-state index in [-0.39, 0.29) is 19.6 Å². The van der Waals surface area contributed by atoms with Crippen molar-refractivity contribution in [2.75, 3.05) is 37.6 Å². The van der Waals surface area contributed by atoms with Gasteiger partial charge < -0.3 is 19.6 Å². The molecule has 5 nitrogen and oxygen atoms in total. The van der Waals surface area contributed by atoms with E-state index in [1.165, 1.54) is 10.8 Å². The van der Waals surface area contributed by atoms with E-state index >= 15 is 0 Å². The summed E-state index contributed by atoms with van der Waals surface area (Å²) < 4.78 is 6.08. The lowest BCUT2D eigenvalue weighted by molar-refractivity contribution is 0.00688. The van der Waals surface area contributed by atoms with Gasteiger partial charge >= 0.3 is 0 Å². The summed E-state index contributed by atoms with van der Waals surface area (Å²) in [6.07, 6.45) is 3.51. The number of benzene rings is 2. The largest absolute Gasteiger partial charge is 0.488 e. The van der Waals surface area contributed by atoms with E-state index in [0.717, 1.165) is 81.2 Å². The normalized spacial score (nSPS) is 21.6. The number of hydrogen-bond acceptors (Lipinski definition) is 5. The molecule has 3 aromatic rings. The molecule has 5 rings (SSSR count). The summed E-state index contributed by atoms with van der Waals surface area (Å²) in [5, 5.41) is 12.6. The molecule has 2 aromatic carbocycles. The predicted octanol–water partition coefficient (Wildman–Crippen LogP) is 5.36. The Labute approximate surface area is 198 Å². The fourth-order valence-electron chi connectivity index (χ4n) is 4.94. The molecule has 1 aliphatic heterocycles. The van der Waals surface area contributed by atoms with Crippen LogP contribution in [-0.4, -0.2) is 59.9 Å². The first-order valence-corrected chi connectivity index (χ1v) is 12.0. The lowest BCUT2D eigenvalue weighted by Gasteiger charge is -2.35. The van der Waals surface area contributed by atoms with Crippen molar-refractivity contribution in [3.05, 3.63) is 54.6 Å². The highest BCUT2D eigenvalue weighted by molar-refractivity contribution is 5.95. The molecular formula is C28H37N3O2. The molecule has 33 heavy (non-hydrogen) atoms. The number of aliphatic hydroxyl groups is 1. The zero-order chi connectivity index (χ0) is 21.9. The second-order valence-corrected chi connectivity index (χ2v) is 9.01. The van der Waals surface area contributed by atoms with E-state index in [1.807, 2.05) is 12.1 Å². The zero-order valence-electron chi connectivity index (χ0n) is 18.9. The number of nitrogens with zero attached hydrogens (tertiary/aromatic N) is 3. The first-order chi connectivity index (χ1) is 15.7. The van der Waals surface area contributed by atoms with E-state index < -0.39 is 0 Å². The molecule has 1 aromatic heterocycles. The number of hydrogen-bond donors (Lipinski definition) is 1. The third kappa shape index (κ3) is 5.15. The third-order valence-electron chi connectivity index (χ3n) is 6.94. The van der Waals surface area contributed by atoms with Gasteiger partial charge in [0.25, 0.3) is 0 Å². The van der Waals surface area contributed by atoms with E-state index in [1.54, 1.807) is 0 Å². The Bertz CT molecular complexity index is 1040. The van der Waals surface area contributed by atoms with Crippen molar-refractivity contribution in [3.8, 4) is 17.0 Å². The summed E-state index contributed by atoms with van der Waals surface area (Å²) in [6, 6.07) is 18.9. The van der Waals surface area contributed by atoms with Crippen molar-refractivity contribution in [3.63, 3.8) is 0 Å². The van der Waals surface area contributed by atoms with Crippen LogP contribution in [-0.2, 0) is 0 Å². The van der Waals surface area contributed by atoms with Gasteiger partial charge in [0.1, 0.15) is 17.7 Å². The smallest absolute Gasteiger partial charge is 0.137 e. The minimum atomic E-state index is -0.360. The fourth-order valence-corrected chi connectivity index (χ4v) is 4.94. The summed E-state index contributed by atoms with van der Waals surface area (Å²) in [4.78, 5) is 10.1. The number of pyridine rings is 1. The minimum Gasteiger partial charge on any atom is -0.488 e. The van der Waals surface area contributed by atoms with Crippen LogP contribution >= 0.6 is 0 Å². The lowest BCUT2D eigenvalue weighted by atomic mass is 9.95. The van der Waals surface area contributed by atoms with Crippen molar-refractivity contribution >= 4 is 16.6 Å². The quantitative estimate of drug-likeness (QED) is 0.570. The maximum atomic E-state index is 10.2. The standard InChI is InChI=1S/C27H33N3O2.CH4/c1-2-29-15-17-30(18-16-29)27-23-8-4-3-7-21(23)19-24(28-27)20-11-13-22(14-12-20)32-26-10-6-5-9-25(26)31;/h3-4,7-8,11-14,19,25-26,31H,2,5-6,9-10,15-18H2,1H3;1H4. The average molecular weight is 448 g/mol. The Hall–Kier alpha value is -2.63. The first kappa shape index (κ1) is 23.5. The summed E-state index contributed by atoms with van der Waals surface area (Å²) in [5.41, 5.74) is 2.07. The zero-order valence-corrected chi connectivity index (χ0v) is 18.9. The van der Waals surface area contributed by atoms with Crippen LogP contribution in [0.15, 0.2) is 54.6 Å². The Kier molecular flexibility index (Phi) is 7.51. The predicted molar refractivity (Wildman–Crippen MR) is 137 cm³/mol. The Balaban J connectivity index is 0.00000259. The number of aliphatic hydroxyl groups excluding tert-OH is 1. The number of likely N-dealkylation sites (N-methyl/N-ethyl adjacent to an activating group) is 1. The van der Waals surface area contributed by atoms with E-state index in [2.05, 4.69) is 59.2 Å². The maximum Gasteiger partial charge on any atom is 0.137 e. The SMILES string of the molecule is C.CCN1CCN(c2nc(-c3ccc(OC4CCCCC4O)cc3)cc3ccccc23)CC1. The molecule has 2 aliphatic rings. The second-order valence-electron chi connectivity index (χ2n) is 9.01. The monoisotopic (exact) mass is 447 g/mol. The van der Waals surface area contributed by atoms with Crippen molar-refractivity contribution in [1.82, 2.24) is 9.88 Å². The van der Waals surface area contributed by atoms with Crippen molar-refractivity contribution in [2.24, 2.45) is 0 Å². The Morgan fingerprint density at radius 2 is 1.70 bits per heavy atom. The molecule has 2 heterocycles. The van der Waals surface area contributed by atoms with Crippen LogP contribution < -0.4 is 9.64 Å². The van der Waals surface area contributed by atoms with Gasteiger partial charge in [-0.15, -0.1) is 0 Å². The average Bonchev–Trinajstić information content (AvgIpc) is 2.85. The van der Waals surface area contributed by atoms with Crippen molar-refractivity contribution in [1.29, 1.82) is 0 Å². The van der Waals surface area contributed by atoms with Crippen LogP contribution in [0.5, 0.6) is 5.75 Å². The highest BCUT2D eigenvalue weighted by Crippen LogP contribution is 2.32. The number of aromatic nitrogens is 1. The van der Waals surface area contributed by atoms with Crippen LogP contribution in [0.2, 0.25) is 0 Å². The van der Waals surface area contributed by atoms with E-state index in [0.29, 0.717) is 0 Å². The number of ether oxygens (including phenoxy) is 1. The van der Waals surface area contributed by atoms with Gasteiger partial charge in [0.05, 0.1) is 11.8 Å². The molecular weight excluding hydrogens is 410 g/mol. The fraction of sp³-hybridized carbons (Fsp3) is 0.464. The molecule has 1 saturated carbocycles. The van der Waals surface area contributed by atoms with E-state index in [9.17, 15) is 5.11 Å². The summed E-state index contributed by atoms with van der Waals surface area (Å²) in [6.45, 7) is 7.50. The minimum absolute atomic E-state index is 0. The van der Waals surface area contributed by atoms with Crippen LogP contribution in [0.3, 0.4) is 0 Å². The summed E-state index contributed by atoms with van der Waals surface area (Å²) in [5.74, 6) is 1.90. The van der Waals surface area contributed by atoms with Crippen LogP contribution in [0, 0.1) is 0 Å². The van der Waals surface area contributed by atoms with Gasteiger partial charge in [0.2, 0.25) is 0 Å². The van der Waals surface area contributed by atoms with Crippen molar-refractivity contribution < 1.29 is 9.84 Å². The first-order valence-electron chi connectivity index (χ1n) is 12.0. The molecule has 0 amide bonds. The van der Waals surface area contributed by atoms with Gasteiger partial charge in [0.15, 0.2) is 0 Å². The molecule has 176 valence electrons. The van der Waals surface area contributed by atoms with Gasteiger partial charge in [-0.25, -0.2) is 4.98 Å². The van der Waals surface area contributed by atoms with E-state index in [4.69, 9.17) is 9.72 Å². The number of rotatable bonds is 5. The van der Waals surface area contributed by atoms with Crippen LogP contribution in [0.25, 0.3) is 22.0 Å². The highest BCUT2D eigenvalue weighted by Gasteiger charge is 2.25. The van der Waals surface area contributed by atoms with Crippen LogP contribution in [0.4, 0.5) is 5.82 Å². The lowest BCUT2D eigenvalue weighted by Crippen LogP contribution is -2.46. The number of fused-ring (bicyclic) bond motifs is 1. The molecule has 1 aliphatic carbocycles. The Morgan fingerprint density at radius 1 is 0.970 bits per heavy atom. The molecule has 2 unspecified atom stereocenters. The summed E-state index contributed by atoms with van der Waals surface area (Å²) >= 11 is 0. The second kappa shape index (κ2) is 10.5. The van der Waals surface area contributed by atoms with Gasteiger partial charge in [-0.3, -0.25) is 0 Å². The van der Waals surface area contributed by atoms with Crippen molar-refractivity contribution in [2.45, 2.75) is 52.2 Å². The summed E-state index contributed by atoms with van der Waals surface area (Å²) in [7, 11) is 0. The third-order valence-corrected chi connectivity index (χ3v) is 6.94. The maximum absolute atomic E-state index is 10.2. The van der Waals surface area contributed by atoms with Gasteiger partial charge in [-0.05, 0) is 61.5 Å². The molecule has 1 saturated heterocycles. The van der Waals surface area contributed by atoms with Gasteiger partial charge in [0, 0.05) is 37.1 Å². The molecule has 2 atom stereocenters. The van der Waals surface area contributed by atoms with Gasteiger partial charge in [-0.2, -0.15) is 0 Å². The molecule has 0 spiro atoms. The number of anilines is 1. The topological polar surface area (TPSA) is 48.8 Å². The highest BCUT2D eigenvalue weighted by atomic mass is 16.5. The van der Waals surface area contributed by atoms with Crippen LogP contribution in [0.1, 0.15) is 40.0 Å².